The molecule has 30 heavy (non-hydrogen) atoms. The number of rotatable bonds is 1. The second-order valence-corrected chi connectivity index (χ2v) is 7.71. The summed E-state index contributed by atoms with van der Waals surface area (Å²) < 4.78 is 11.8. The molecule has 3 aliphatic rings. The van der Waals surface area contributed by atoms with Gasteiger partial charge in [0.25, 0.3) is 0 Å². The smallest absolute Gasteiger partial charge is 0.166 e. The summed E-state index contributed by atoms with van der Waals surface area (Å²) in [6.07, 6.45) is 8.70. The number of ether oxygens (including phenoxy) is 2. The van der Waals surface area contributed by atoms with E-state index in [0.717, 1.165) is 36.7 Å². The summed E-state index contributed by atoms with van der Waals surface area (Å²) in [4.78, 5) is 6.12. The largest absolute Gasteiger partial charge is 0.493 e. The average molecular weight is 499 g/mol. The first-order valence-corrected chi connectivity index (χ1v) is 9.62. The third-order valence-electron chi connectivity index (χ3n) is 5.85. The monoisotopic (exact) mass is 497 g/mol. The van der Waals surface area contributed by atoms with E-state index in [-0.39, 0.29) is 40.9 Å². The van der Waals surface area contributed by atoms with E-state index in [0.29, 0.717) is 6.42 Å². The number of pyridine rings is 1. The van der Waals surface area contributed by atoms with E-state index in [1.807, 2.05) is 12.1 Å². The molecule has 0 fully saturated rings. The van der Waals surface area contributed by atoms with Crippen LogP contribution in [0.3, 0.4) is 0 Å². The van der Waals surface area contributed by atoms with Crippen LogP contribution in [0.4, 0.5) is 5.69 Å². The number of aromatic nitrogens is 1. The van der Waals surface area contributed by atoms with Gasteiger partial charge in [0.2, 0.25) is 0 Å². The number of hydrogen-bond donors (Lipinski definition) is 2. The number of methoxy groups -OCH3 is 1. The maximum atomic E-state index is 9.97. The van der Waals surface area contributed by atoms with Crippen LogP contribution in [0.25, 0.3) is 0 Å². The van der Waals surface area contributed by atoms with Crippen LogP contribution in [-0.2, 0) is 12.0 Å². The number of aliphatic hydroxyl groups is 1. The third kappa shape index (κ3) is 4.44. The molecular formula is C22H29BrClN3O3. The molecule has 1 spiro atoms. The summed E-state index contributed by atoms with van der Waals surface area (Å²) >= 11 is 0. The maximum Gasteiger partial charge on any atom is 0.166 e. The summed E-state index contributed by atoms with van der Waals surface area (Å²) in [6, 6.07) is 7.66. The molecule has 1 aromatic heterocycles. The fraction of sp³-hybridized carbons (Fsp3) is 0.409. The van der Waals surface area contributed by atoms with E-state index in [9.17, 15) is 5.11 Å². The lowest BCUT2D eigenvalue weighted by Gasteiger charge is -2.35. The average Bonchev–Trinajstić information content (AvgIpc) is 2.94. The molecule has 164 valence electrons. The number of halogens is 2. The zero-order chi connectivity index (χ0) is 19.7. The van der Waals surface area contributed by atoms with Crippen LogP contribution in [0.2, 0.25) is 0 Å². The van der Waals surface area contributed by atoms with Gasteiger partial charge in [-0.05, 0) is 43.8 Å². The number of nitrogens with zero attached hydrogens (tertiary/aromatic N) is 2. The third-order valence-corrected chi connectivity index (χ3v) is 5.85. The predicted molar refractivity (Wildman–Crippen MR) is 126 cm³/mol. The van der Waals surface area contributed by atoms with E-state index < -0.39 is 6.10 Å². The Morgan fingerprint density at radius 2 is 2.00 bits per heavy atom. The molecular weight excluding hydrogens is 470 g/mol. The molecule has 5 rings (SSSR count). The van der Waals surface area contributed by atoms with E-state index >= 15 is 0 Å². The van der Waals surface area contributed by atoms with E-state index in [4.69, 9.17) is 15.2 Å². The van der Waals surface area contributed by atoms with Crippen molar-refractivity contribution in [1.29, 1.82) is 0 Å². The van der Waals surface area contributed by atoms with Crippen molar-refractivity contribution >= 4 is 35.1 Å². The second-order valence-electron chi connectivity index (χ2n) is 7.71. The Labute approximate surface area is 194 Å². The van der Waals surface area contributed by atoms with E-state index in [1.165, 1.54) is 11.1 Å². The van der Waals surface area contributed by atoms with Gasteiger partial charge in [-0.3, -0.25) is 4.98 Å². The highest BCUT2D eigenvalue weighted by atomic mass is 79.9. The number of nitrogen functional groups attached to an aromatic ring is 1. The minimum absolute atomic E-state index is 0. The zero-order valence-electron chi connectivity index (χ0n) is 17.2. The molecule has 2 aromatic rings. The van der Waals surface area contributed by atoms with Gasteiger partial charge >= 0.3 is 0 Å². The fourth-order valence-corrected chi connectivity index (χ4v) is 4.44. The van der Waals surface area contributed by atoms with E-state index in [2.05, 4.69) is 29.1 Å². The number of nitrogens with two attached hydrogens (primary N) is 1. The van der Waals surface area contributed by atoms with Crippen LogP contribution in [0, 0.1) is 0 Å². The summed E-state index contributed by atoms with van der Waals surface area (Å²) in [5.74, 6) is 1.68. The number of benzene rings is 1. The summed E-state index contributed by atoms with van der Waals surface area (Å²) in [5.41, 5.74) is 8.56. The number of aliphatic hydroxyl groups excluding tert-OH is 1. The Kier molecular flexibility index (Phi) is 8.16. The topological polar surface area (TPSA) is 80.8 Å². The Balaban J connectivity index is 0.000000307. The normalized spacial score (nSPS) is 25.7. The van der Waals surface area contributed by atoms with Crippen LogP contribution in [0.15, 0.2) is 48.8 Å². The maximum absolute atomic E-state index is 9.97. The minimum atomic E-state index is -0.412. The lowest BCUT2D eigenvalue weighted by molar-refractivity contribution is 0.0821. The zero-order valence-corrected chi connectivity index (χ0v) is 19.7. The highest BCUT2D eigenvalue weighted by Crippen LogP contribution is 2.55. The molecule has 0 saturated heterocycles. The molecule has 0 unspecified atom stereocenters. The van der Waals surface area contributed by atoms with Crippen LogP contribution in [0.1, 0.15) is 24.0 Å². The van der Waals surface area contributed by atoms with Crippen molar-refractivity contribution < 1.29 is 14.6 Å². The van der Waals surface area contributed by atoms with Gasteiger partial charge < -0.3 is 25.2 Å². The van der Waals surface area contributed by atoms with E-state index in [1.54, 1.807) is 31.6 Å². The molecule has 8 heteroatoms. The van der Waals surface area contributed by atoms with Crippen LogP contribution in [-0.4, -0.2) is 47.9 Å². The van der Waals surface area contributed by atoms with Gasteiger partial charge in [0.15, 0.2) is 11.5 Å². The van der Waals surface area contributed by atoms with Crippen LogP contribution < -0.4 is 15.2 Å². The van der Waals surface area contributed by atoms with Gasteiger partial charge in [0, 0.05) is 36.6 Å². The molecule has 1 aromatic carbocycles. The molecule has 6 nitrogen and oxygen atoms in total. The molecule has 3 atom stereocenters. The van der Waals surface area contributed by atoms with Crippen molar-refractivity contribution in [3.8, 4) is 11.5 Å². The molecule has 2 aliphatic heterocycles. The van der Waals surface area contributed by atoms with Crippen molar-refractivity contribution in [3.63, 3.8) is 0 Å². The lowest BCUT2D eigenvalue weighted by atomic mass is 9.69. The van der Waals surface area contributed by atoms with Crippen molar-refractivity contribution in [2.24, 2.45) is 0 Å². The summed E-state index contributed by atoms with van der Waals surface area (Å²) in [5, 5.41) is 9.97. The molecule has 0 saturated carbocycles. The first-order chi connectivity index (χ1) is 13.5. The first kappa shape index (κ1) is 24.5. The molecule has 1 aliphatic carbocycles. The van der Waals surface area contributed by atoms with Gasteiger partial charge in [-0.1, -0.05) is 18.2 Å². The van der Waals surface area contributed by atoms with Crippen LogP contribution in [0.5, 0.6) is 11.5 Å². The quantitative estimate of drug-likeness (QED) is 0.586. The van der Waals surface area contributed by atoms with Gasteiger partial charge in [-0.25, -0.2) is 0 Å². The van der Waals surface area contributed by atoms with Crippen molar-refractivity contribution in [3.05, 3.63) is 59.9 Å². The fourth-order valence-electron chi connectivity index (χ4n) is 4.44. The summed E-state index contributed by atoms with van der Waals surface area (Å²) in [6.45, 7) is 1.96. The molecule has 0 amide bonds. The minimum Gasteiger partial charge on any atom is -0.493 e. The first-order valence-electron chi connectivity index (χ1n) is 9.62. The van der Waals surface area contributed by atoms with Crippen LogP contribution >= 0.6 is 29.4 Å². The predicted octanol–water partition coefficient (Wildman–Crippen LogP) is 3.51. The van der Waals surface area contributed by atoms with Gasteiger partial charge in [-0.15, -0.1) is 29.4 Å². The Morgan fingerprint density at radius 3 is 2.63 bits per heavy atom. The number of hydrogen-bond acceptors (Lipinski definition) is 6. The molecule has 3 heterocycles. The van der Waals surface area contributed by atoms with Gasteiger partial charge in [0.1, 0.15) is 6.10 Å². The van der Waals surface area contributed by atoms with Crippen molar-refractivity contribution in [2.45, 2.75) is 37.0 Å². The molecule has 0 radical (unpaired) electrons. The molecule has 3 N–H and O–H groups in total. The standard InChI is InChI=1S/C17H21NO3.C5H6N2.BrH.ClH/c1-18-8-7-17-6-5-12(19)9-14(17)21-16-13(20-2)4-3-11(10-18)15(16)17;6-5-1-3-7-4-2-5;;/h3-6,12,14,19H,7-10H2,1-2H3;1-4H,(H2,6,7);2*1H/t12-,14-,17-;;;/m0.../s1. The Bertz CT molecular complexity index is 883. The second kappa shape index (κ2) is 10.0. The highest BCUT2D eigenvalue weighted by Gasteiger charge is 2.52. The van der Waals surface area contributed by atoms with Crippen molar-refractivity contribution in [1.82, 2.24) is 9.88 Å². The number of anilines is 1. The molecule has 0 bridgehead atoms. The van der Waals surface area contributed by atoms with Gasteiger partial charge in [-0.2, -0.15) is 0 Å². The van der Waals surface area contributed by atoms with Crippen molar-refractivity contribution in [2.75, 3.05) is 26.4 Å². The lowest BCUT2D eigenvalue weighted by Crippen LogP contribution is -2.42. The Morgan fingerprint density at radius 1 is 1.27 bits per heavy atom. The van der Waals surface area contributed by atoms with Gasteiger partial charge in [0.05, 0.1) is 18.6 Å². The SMILES string of the molecule is Br.COc1ccc2c3c1O[C@H]1C[C@@H](O)C=C[C@@]31CCN(C)C2.Cl.Nc1ccncc1. The Hall–Kier alpha value is -1.80. The highest BCUT2D eigenvalue weighted by molar-refractivity contribution is 8.93. The summed E-state index contributed by atoms with van der Waals surface area (Å²) in [7, 11) is 3.84.